The van der Waals surface area contributed by atoms with Gasteiger partial charge in [0.15, 0.2) is 0 Å². The monoisotopic (exact) mass is 549 g/mol. The van der Waals surface area contributed by atoms with Gasteiger partial charge < -0.3 is 20.6 Å². The van der Waals surface area contributed by atoms with E-state index in [2.05, 4.69) is 10.6 Å². The Morgan fingerprint density at radius 1 is 0.872 bits per heavy atom. The van der Waals surface area contributed by atoms with Crippen LogP contribution in [-0.4, -0.2) is 60.1 Å². The second-order valence-electron chi connectivity index (χ2n) is 9.79. The van der Waals surface area contributed by atoms with Gasteiger partial charge in [0.2, 0.25) is 0 Å². The second kappa shape index (κ2) is 16.0. The lowest BCUT2D eigenvalue weighted by atomic mass is 10.00. The third kappa shape index (κ3) is 9.81. The van der Waals surface area contributed by atoms with Crippen molar-refractivity contribution >= 4 is 23.4 Å². The highest BCUT2D eigenvalue weighted by Crippen LogP contribution is 2.13. The van der Waals surface area contributed by atoms with E-state index in [0.29, 0.717) is 48.7 Å². The van der Waals surface area contributed by atoms with Gasteiger partial charge in [-0.15, -0.1) is 0 Å². The van der Waals surface area contributed by atoms with Crippen LogP contribution in [0.25, 0.3) is 0 Å². The van der Waals surface area contributed by atoms with Gasteiger partial charge in [0.05, 0.1) is 12.1 Å². The summed E-state index contributed by atoms with van der Waals surface area (Å²) in [6, 6.07) is 23.8. The summed E-state index contributed by atoms with van der Waals surface area (Å²) >= 11 is 5.96. The zero-order valence-electron chi connectivity index (χ0n) is 22.9. The summed E-state index contributed by atoms with van der Waals surface area (Å²) in [4.78, 5) is 28.2. The molecule has 3 N–H and O–H groups in total. The summed E-state index contributed by atoms with van der Waals surface area (Å²) in [5, 5.41) is 18.1. The van der Waals surface area contributed by atoms with Crippen molar-refractivity contribution in [3.63, 3.8) is 0 Å². The summed E-state index contributed by atoms with van der Waals surface area (Å²) < 4.78 is 0. The minimum Gasteiger partial charge on any atom is -0.390 e. The Bertz CT molecular complexity index is 1160. The van der Waals surface area contributed by atoms with E-state index in [9.17, 15) is 14.7 Å². The maximum Gasteiger partial charge on any atom is 0.253 e. The number of halogens is 1. The number of hydrogen-bond donors (Lipinski definition) is 3. The summed E-state index contributed by atoms with van der Waals surface area (Å²) in [6.45, 7) is 6.46. The van der Waals surface area contributed by atoms with Gasteiger partial charge in [-0.2, -0.15) is 0 Å². The number of nitrogens with zero attached hydrogens (tertiary/aromatic N) is 1. The fourth-order valence-electron chi connectivity index (χ4n) is 4.51. The Hall–Kier alpha value is -3.19. The maximum atomic E-state index is 13.3. The Labute approximate surface area is 237 Å². The van der Waals surface area contributed by atoms with Gasteiger partial charge >= 0.3 is 0 Å². The Morgan fingerprint density at radius 3 is 2.21 bits per heavy atom. The van der Waals surface area contributed by atoms with Gasteiger partial charge in [0, 0.05) is 35.8 Å². The molecule has 0 aromatic heterocycles. The number of aliphatic hydroxyl groups excluding tert-OH is 1. The van der Waals surface area contributed by atoms with Crippen molar-refractivity contribution in [3.8, 4) is 0 Å². The molecular weight excluding hydrogens is 510 g/mol. The van der Waals surface area contributed by atoms with Gasteiger partial charge in [-0.05, 0) is 73.7 Å². The first kappa shape index (κ1) is 30.4. The van der Waals surface area contributed by atoms with Crippen molar-refractivity contribution in [3.05, 3.63) is 106 Å². The van der Waals surface area contributed by atoms with E-state index < -0.39 is 12.1 Å². The Balaban J connectivity index is 1.67. The highest BCUT2D eigenvalue weighted by molar-refractivity contribution is 6.30. The zero-order valence-corrected chi connectivity index (χ0v) is 23.7. The summed E-state index contributed by atoms with van der Waals surface area (Å²) in [5.41, 5.74) is 3.06. The molecule has 0 heterocycles. The minimum absolute atomic E-state index is 0.0703. The van der Waals surface area contributed by atoms with E-state index in [-0.39, 0.29) is 11.8 Å². The van der Waals surface area contributed by atoms with E-state index >= 15 is 0 Å². The predicted octanol–water partition coefficient (Wildman–Crippen LogP) is 5.14. The van der Waals surface area contributed by atoms with Gasteiger partial charge in [-0.3, -0.25) is 9.59 Å². The fraction of sp³-hybridized carbons (Fsp3) is 0.375. The fourth-order valence-corrected chi connectivity index (χ4v) is 4.64. The van der Waals surface area contributed by atoms with E-state index in [1.54, 1.807) is 24.3 Å². The van der Waals surface area contributed by atoms with Crippen LogP contribution in [0.5, 0.6) is 0 Å². The van der Waals surface area contributed by atoms with Crippen molar-refractivity contribution in [2.24, 2.45) is 0 Å². The molecule has 2 amide bonds. The molecule has 3 rings (SSSR count). The SMILES string of the molecule is CCCN(CCC)C(=O)c1cccc(C(=O)N[C@@H](Cc2ccccc2)[C@H](O)CNCCc2ccc(Cl)cc2)c1. The molecule has 0 saturated carbocycles. The van der Waals surface area contributed by atoms with Crippen LogP contribution in [0.15, 0.2) is 78.9 Å². The van der Waals surface area contributed by atoms with Gasteiger partial charge in [0.25, 0.3) is 11.8 Å². The largest absolute Gasteiger partial charge is 0.390 e. The molecule has 208 valence electrons. The average molecular weight is 550 g/mol. The molecule has 6 nitrogen and oxygen atoms in total. The lowest BCUT2D eigenvalue weighted by Gasteiger charge is -2.25. The Kier molecular flexibility index (Phi) is 12.5. The van der Waals surface area contributed by atoms with Crippen LogP contribution in [0.1, 0.15) is 58.5 Å². The molecule has 0 aliphatic rings. The smallest absolute Gasteiger partial charge is 0.253 e. The van der Waals surface area contributed by atoms with Crippen molar-refractivity contribution in [1.82, 2.24) is 15.5 Å². The van der Waals surface area contributed by atoms with Crippen LogP contribution in [0.3, 0.4) is 0 Å². The first-order chi connectivity index (χ1) is 18.9. The molecule has 0 fully saturated rings. The minimum atomic E-state index is -0.811. The number of carbonyl (C=O) groups is 2. The predicted molar refractivity (Wildman–Crippen MR) is 158 cm³/mol. The number of hydrogen-bond acceptors (Lipinski definition) is 4. The number of aliphatic hydroxyl groups is 1. The van der Waals surface area contributed by atoms with Crippen molar-refractivity contribution in [2.75, 3.05) is 26.2 Å². The Morgan fingerprint density at radius 2 is 1.54 bits per heavy atom. The van der Waals surface area contributed by atoms with Crippen molar-refractivity contribution in [2.45, 2.75) is 51.7 Å². The van der Waals surface area contributed by atoms with Crippen LogP contribution in [-0.2, 0) is 12.8 Å². The summed E-state index contributed by atoms with van der Waals surface area (Å²) in [7, 11) is 0. The molecule has 7 heteroatoms. The van der Waals surface area contributed by atoms with E-state index in [4.69, 9.17) is 11.6 Å². The zero-order chi connectivity index (χ0) is 28.0. The molecule has 3 aromatic carbocycles. The van der Waals surface area contributed by atoms with Crippen LogP contribution in [0.2, 0.25) is 5.02 Å². The molecule has 0 aliphatic carbocycles. The molecule has 0 aliphatic heterocycles. The molecule has 0 radical (unpaired) electrons. The standard InChI is InChI=1S/C32H40ClN3O3/c1-3-19-36(20-4-2)32(39)27-12-8-11-26(22-27)31(38)35-29(21-25-9-6-5-7-10-25)30(37)23-34-18-17-24-13-15-28(33)16-14-24/h5-16,22,29-30,34,37H,3-4,17-21,23H2,1-2H3,(H,35,38)/t29-,30+/m0/s1. The van der Waals surface area contributed by atoms with Crippen molar-refractivity contribution in [1.29, 1.82) is 0 Å². The topological polar surface area (TPSA) is 81.7 Å². The van der Waals surface area contributed by atoms with E-state index in [1.807, 2.05) is 73.3 Å². The van der Waals surface area contributed by atoms with E-state index in [0.717, 1.165) is 30.4 Å². The number of carbonyl (C=O) groups excluding carboxylic acids is 2. The highest BCUT2D eigenvalue weighted by Gasteiger charge is 2.23. The molecule has 0 saturated heterocycles. The van der Waals surface area contributed by atoms with E-state index in [1.165, 1.54) is 0 Å². The van der Waals surface area contributed by atoms with Crippen LogP contribution in [0.4, 0.5) is 0 Å². The lowest BCUT2D eigenvalue weighted by Crippen LogP contribution is -2.49. The first-order valence-electron chi connectivity index (χ1n) is 13.8. The highest BCUT2D eigenvalue weighted by atomic mass is 35.5. The number of amides is 2. The molecule has 0 spiro atoms. The molecule has 39 heavy (non-hydrogen) atoms. The summed E-state index contributed by atoms with van der Waals surface area (Å²) in [6.07, 6.45) is 2.21. The summed E-state index contributed by atoms with van der Waals surface area (Å²) in [5.74, 6) is -0.387. The number of nitrogens with one attached hydrogen (secondary N) is 2. The third-order valence-electron chi connectivity index (χ3n) is 6.58. The van der Waals surface area contributed by atoms with Crippen molar-refractivity contribution < 1.29 is 14.7 Å². The molecule has 0 unspecified atom stereocenters. The second-order valence-corrected chi connectivity index (χ2v) is 10.2. The molecule has 2 atom stereocenters. The first-order valence-corrected chi connectivity index (χ1v) is 14.2. The van der Waals surface area contributed by atoms with Crippen LogP contribution in [0, 0.1) is 0 Å². The molecular formula is C32H40ClN3O3. The lowest BCUT2D eigenvalue weighted by molar-refractivity contribution is 0.0755. The van der Waals surface area contributed by atoms with Gasteiger partial charge in [-0.25, -0.2) is 0 Å². The normalized spacial score (nSPS) is 12.5. The quantitative estimate of drug-likeness (QED) is 0.229. The number of rotatable bonds is 15. The third-order valence-corrected chi connectivity index (χ3v) is 6.83. The molecule has 3 aromatic rings. The molecule has 0 bridgehead atoms. The van der Waals surface area contributed by atoms with Gasteiger partial charge in [0.1, 0.15) is 0 Å². The van der Waals surface area contributed by atoms with Crippen LogP contribution < -0.4 is 10.6 Å². The average Bonchev–Trinajstić information content (AvgIpc) is 2.96. The number of benzene rings is 3. The van der Waals surface area contributed by atoms with Crippen LogP contribution >= 0.6 is 11.6 Å². The maximum absolute atomic E-state index is 13.3. The van der Waals surface area contributed by atoms with Gasteiger partial charge in [-0.1, -0.05) is 74.0 Å².